The van der Waals surface area contributed by atoms with E-state index in [0.29, 0.717) is 5.91 Å². The molecule has 112 valence electrons. The Kier molecular flexibility index (Phi) is 2.91. The van der Waals surface area contributed by atoms with Crippen LogP contribution in [0.3, 0.4) is 0 Å². The number of nitrogens with zero attached hydrogens (tertiary/aromatic N) is 4. The summed E-state index contributed by atoms with van der Waals surface area (Å²) >= 11 is 0. The number of aromatic nitrogens is 2. The first-order valence-corrected chi connectivity index (χ1v) is 8.00. The number of hydrogen-bond acceptors (Lipinski definition) is 4. The Labute approximate surface area is 125 Å². The summed E-state index contributed by atoms with van der Waals surface area (Å²) in [5.41, 5.74) is 1.30. The molecule has 4 rings (SSSR count). The van der Waals surface area contributed by atoms with Crippen molar-refractivity contribution in [2.24, 2.45) is 11.3 Å². The van der Waals surface area contributed by atoms with Gasteiger partial charge in [0, 0.05) is 49.9 Å². The van der Waals surface area contributed by atoms with E-state index in [1.54, 1.807) is 0 Å². The van der Waals surface area contributed by atoms with Gasteiger partial charge < -0.3 is 9.80 Å². The number of amides is 1. The SMILES string of the molecule is Cc1cnc(N2CC[C@@]3(C[C@@H]3C(=O)N3CCCC3)C2)nc1. The van der Waals surface area contributed by atoms with Crippen LogP contribution in [0.5, 0.6) is 0 Å². The fraction of sp³-hybridized carbons (Fsp3) is 0.688. The smallest absolute Gasteiger partial charge is 0.226 e. The van der Waals surface area contributed by atoms with Gasteiger partial charge in [0.05, 0.1) is 0 Å². The highest BCUT2D eigenvalue weighted by molar-refractivity contribution is 5.83. The Morgan fingerprint density at radius 1 is 1.24 bits per heavy atom. The minimum atomic E-state index is 0.216. The molecular weight excluding hydrogens is 264 g/mol. The molecule has 2 aliphatic heterocycles. The summed E-state index contributed by atoms with van der Waals surface area (Å²) in [7, 11) is 0. The van der Waals surface area contributed by atoms with Crippen molar-refractivity contribution in [3.63, 3.8) is 0 Å². The maximum Gasteiger partial charge on any atom is 0.226 e. The van der Waals surface area contributed by atoms with E-state index in [4.69, 9.17) is 0 Å². The lowest BCUT2D eigenvalue weighted by molar-refractivity contribution is -0.132. The van der Waals surface area contributed by atoms with Gasteiger partial charge >= 0.3 is 0 Å². The number of anilines is 1. The number of hydrogen-bond donors (Lipinski definition) is 0. The topological polar surface area (TPSA) is 49.3 Å². The van der Waals surface area contributed by atoms with Crippen molar-refractivity contribution in [2.45, 2.75) is 32.6 Å². The lowest BCUT2D eigenvalue weighted by Crippen LogP contribution is -2.31. The van der Waals surface area contributed by atoms with E-state index in [1.165, 1.54) is 12.8 Å². The zero-order valence-electron chi connectivity index (χ0n) is 12.6. The highest BCUT2D eigenvalue weighted by atomic mass is 16.2. The van der Waals surface area contributed by atoms with Gasteiger partial charge in [-0.2, -0.15) is 0 Å². The molecule has 5 heteroatoms. The van der Waals surface area contributed by atoms with Crippen LogP contribution in [-0.4, -0.2) is 47.0 Å². The molecule has 1 saturated carbocycles. The Morgan fingerprint density at radius 2 is 1.95 bits per heavy atom. The molecule has 3 aliphatic rings. The van der Waals surface area contributed by atoms with Gasteiger partial charge in [-0.3, -0.25) is 4.79 Å². The molecule has 0 aromatic carbocycles. The van der Waals surface area contributed by atoms with Gasteiger partial charge in [-0.05, 0) is 38.2 Å². The largest absolute Gasteiger partial charge is 0.342 e. The van der Waals surface area contributed by atoms with Gasteiger partial charge in [0.15, 0.2) is 0 Å². The van der Waals surface area contributed by atoms with E-state index in [1.807, 2.05) is 19.3 Å². The third kappa shape index (κ3) is 2.19. The molecule has 3 fully saturated rings. The second-order valence-electron chi connectivity index (χ2n) is 6.88. The van der Waals surface area contributed by atoms with Crippen LogP contribution in [-0.2, 0) is 4.79 Å². The number of rotatable bonds is 2. The van der Waals surface area contributed by atoms with Crippen molar-refractivity contribution in [1.82, 2.24) is 14.9 Å². The summed E-state index contributed by atoms with van der Waals surface area (Å²) in [6, 6.07) is 0. The first-order valence-electron chi connectivity index (χ1n) is 8.00. The molecule has 2 saturated heterocycles. The number of likely N-dealkylation sites (tertiary alicyclic amines) is 1. The van der Waals surface area contributed by atoms with E-state index in [0.717, 1.165) is 50.5 Å². The van der Waals surface area contributed by atoms with Crippen molar-refractivity contribution in [3.05, 3.63) is 18.0 Å². The molecule has 1 aromatic heterocycles. The molecule has 2 atom stereocenters. The maximum atomic E-state index is 12.5. The molecule has 3 heterocycles. The Hall–Kier alpha value is -1.65. The number of carbonyl (C=O) groups is 1. The molecule has 1 aromatic rings. The highest BCUT2D eigenvalue weighted by Gasteiger charge is 2.61. The van der Waals surface area contributed by atoms with Crippen molar-refractivity contribution in [3.8, 4) is 0 Å². The van der Waals surface area contributed by atoms with E-state index in [9.17, 15) is 4.79 Å². The second-order valence-corrected chi connectivity index (χ2v) is 6.88. The molecule has 0 N–H and O–H groups in total. The van der Waals surface area contributed by atoms with Crippen LogP contribution in [0.1, 0.15) is 31.2 Å². The Bertz CT molecular complexity index is 552. The zero-order chi connectivity index (χ0) is 14.4. The predicted octanol–water partition coefficient (Wildman–Crippen LogP) is 1.62. The highest BCUT2D eigenvalue weighted by Crippen LogP contribution is 2.59. The first-order chi connectivity index (χ1) is 10.2. The third-order valence-electron chi connectivity index (χ3n) is 5.34. The Morgan fingerprint density at radius 3 is 2.67 bits per heavy atom. The third-order valence-corrected chi connectivity index (χ3v) is 5.34. The molecule has 5 nitrogen and oxygen atoms in total. The van der Waals surface area contributed by atoms with Crippen molar-refractivity contribution in [2.75, 3.05) is 31.1 Å². The summed E-state index contributed by atoms with van der Waals surface area (Å²) < 4.78 is 0. The predicted molar refractivity (Wildman–Crippen MR) is 80.0 cm³/mol. The van der Waals surface area contributed by atoms with Crippen LogP contribution in [0, 0.1) is 18.3 Å². The van der Waals surface area contributed by atoms with Crippen molar-refractivity contribution in [1.29, 1.82) is 0 Å². The summed E-state index contributed by atoms with van der Waals surface area (Å²) in [5.74, 6) is 1.47. The fourth-order valence-electron chi connectivity index (χ4n) is 3.92. The second kappa shape index (κ2) is 4.68. The normalized spacial score (nSPS) is 31.2. The van der Waals surface area contributed by atoms with E-state index in [2.05, 4.69) is 19.8 Å². The van der Waals surface area contributed by atoms with Gasteiger partial charge in [-0.25, -0.2) is 9.97 Å². The molecule has 1 aliphatic carbocycles. The molecule has 0 bridgehead atoms. The lowest BCUT2D eigenvalue weighted by Gasteiger charge is -2.18. The summed E-state index contributed by atoms with van der Waals surface area (Å²) in [4.78, 5) is 25.7. The fourth-order valence-corrected chi connectivity index (χ4v) is 3.92. The Balaban J connectivity index is 1.42. The van der Waals surface area contributed by atoms with Crippen LogP contribution >= 0.6 is 0 Å². The van der Waals surface area contributed by atoms with Crippen molar-refractivity contribution < 1.29 is 4.79 Å². The van der Waals surface area contributed by atoms with Gasteiger partial charge in [0.25, 0.3) is 0 Å². The average molecular weight is 286 g/mol. The maximum absolute atomic E-state index is 12.5. The summed E-state index contributed by atoms with van der Waals surface area (Å²) in [5, 5.41) is 0. The van der Waals surface area contributed by atoms with Crippen LogP contribution in [0.15, 0.2) is 12.4 Å². The summed E-state index contributed by atoms with van der Waals surface area (Å²) in [6.45, 7) is 5.86. The summed E-state index contributed by atoms with van der Waals surface area (Å²) in [6.07, 6.45) is 8.25. The standard InChI is InChI=1S/C16H22N4O/c1-12-9-17-15(18-10-12)20-7-4-16(11-20)8-13(16)14(21)19-5-2-3-6-19/h9-10,13H,2-8,11H2,1H3/t13-,16-/m1/s1. The molecule has 0 unspecified atom stereocenters. The van der Waals surface area contributed by atoms with Gasteiger partial charge in [-0.1, -0.05) is 0 Å². The van der Waals surface area contributed by atoms with Crippen molar-refractivity contribution >= 4 is 11.9 Å². The first kappa shape index (κ1) is 13.0. The average Bonchev–Trinajstić information content (AvgIpc) is 2.86. The molecule has 21 heavy (non-hydrogen) atoms. The van der Waals surface area contributed by atoms with Gasteiger partial charge in [-0.15, -0.1) is 0 Å². The minimum absolute atomic E-state index is 0.216. The van der Waals surface area contributed by atoms with Gasteiger partial charge in [0.1, 0.15) is 0 Å². The molecule has 1 amide bonds. The zero-order valence-corrected chi connectivity index (χ0v) is 12.6. The van der Waals surface area contributed by atoms with Crippen LogP contribution < -0.4 is 4.90 Å². The van der Waals surface area contributed by atoms with Crippen LogP contribution in [0.4, 0.5) is 5.95 Å². The van der Waals surface area contributed by atoms with E-state index < -0.39 is 0 Å². The molecule has 1 spiro atoms. The molecule has 0 radical (unpaired) electrons. The van der Waals surface area contributed by atoms with E-state index >= 15 is 0 Å². The van der Waals surface area contributed by atoms with E-state index in [-0.39, 0.29) is 11.3 Å². The monoisotopic (exact) mass is 286 g/mol. The quantitative estimate of drug-likeness (QED) is 0.829. The van der Waals surface area contributed by atoms with Crippen LogP contribution in [0.25, 0.3) is 0 Å². The minimum Gasteiger partial charge on any atom is -0.342 e. The number of aryl methyl sites for hydroxylation is 1. The lowest BCUT2D eigenvalue weighted by atomic mass is 10.0. The van der Waals surface area contributed by atoms with Crippen LogP contribution in [0.2, 0.25) is 0 Å². The van der Waals surface area contributed by atoms with Gasteiger partial charge in [0.2, 0.25) is 11.9 Å². The molecular formula is C16H22N4O. The number of carbonyl (C=O) groups excluding carboxylic acids is 1.